The summed E-state index contributed by atoms with van der Waals surface area (Å²) in [6.07, 6.45) is 6.38. The average Bonchev–Trinajstić information content (AvgIpc) is 3.01. The Balaban J connectivity index is 1.07. The quantitative estimate of drug-likeness (QED) is 0.760. The first-order valence-corrected chi connectivity index (χ1v) is 11.6. The smallest absolute Gasteiger partial charge is 0.223 e. The normalized spacial score (nSPS) is 39.8. The largest absolute Gasteiger partial charge is 0.393 e. The van der Waals surface area contributed by atoms with Crippen LogP contribution in [0, 0.1) is 46.6 Å². The number of carbonyl (C=O) groups is 1. The van der Waals surface area contributed by atoms with Gasteiger partial charge in [0.25, 0.3) is 0 Å². The maximum absolute atomic E-state index is 13.7. The van der Waals surface area contributed by atoms with E-state index in [1.54, 1.807) is 6.33 Å². The van der Waals surface area contributed by atoms with Crippen LogP contribution in [0.3, 0.4) is 0 Å². The number of aromatic nitrogens is 2. The van der Waals surface area contributed by atoms with E-state index in [1.807, 2.05) is 18.4 Å². The van der Waals surface area contributed by atoms with Crippen molar-refractivity contribution in [3.63, 3.8) is 0 Å². The highest BCUT2D eigenvalue weighted by atomic mass is 19.2. The SMILES string of the molecule is CC(C(=O)NC1CC2(C(C)O)CCC12)C1[C@H]2CC(n3cnc4cc(F)c(F)cc43)C[C@@H]12. The van der Waals surface area contributed by atoms with E-state index >= 15 is 0 Å². The molecule has 5 nitrogen and oxygen atoms in total. The Morgan fingerprint density at radius 3 is 2.58 bits per heavy atom. The Kier molecular flexibility index (Phi) is 4.12. The fourth-order valence-electron chi connectivity index (χ4n) is 7.40. The monoisotopic (exact) mass is 429 g/mol. The number of rotatable bonds is 5. The highest BCUT2D eigenvalue weighted by molar-refractivity contribution is 5.80. The highest BCUT2D eigenvalue weighted by Gasteiger charge is 2.63. The van der Waals surface area contributed by atoms with Crippen molar-refractivity contribution in [3.05, 3.63) is 30.1 Å². The van der Waals surface area contributed by atoms with Crippen LogP contribution in [0.4, 0.5) is 8.78 Å². The minimum atomic E-state index is -0.869. The number of halogens is 2. The zero-order chi connectivity index (χ0) is 21.7. The van der Waals surface area contributed by atoms with Crippen LogP contribution in [0.2, 0.25) is 0 Å². The molecular formula is C24H29F2N3O2. The molecule has 0 aliphatic heterocycles. The number of nitrogens with one attached hydrogen (secondary N) is 1. The van der Waals surface area contributed by atoms with E-state index in [9.17, 15) is 18.7 Å². The number of fused-ring (bicyclic) bond motifs is 3. The predicted octanol–water partition coefficient (Wildman–Crippen LogP) is 3.81. The predicted molar refractivity (Wildman–Crippen MR) is 111 cm³/mol. The summed E-state index contributed by atoms with van der Waals surface area (Å²) in [5, 5.41) is 13.3. The zero-order valence-electron chi connectivity index (χ0n) is 17.9. The van der Waals surface area contributed by atoms with Crippen LogP contribution in [0.1, 0.15) is 52.0 Å². The van der Waals surface area contributed by atoms with Crippen molar-refractivity contribution in [1.29, 1.82) is 0 Å². The Morgan fingerprint density at radius 1 is 1.26 bits per heavy atom. The number of amides is 1. The molecule has 0 bridgehead atoms. The molecule has 1 heterocycles. The fraction of sp³-hybridized carbons (Fsp3) is 0.667. The number of imidazole rings is 1. The number of carbonyl (C=O) groups excluding carboxylic acids is 1. The molecule has 7 unspecified atom stereocenters. The van der Waals surface area contributed by atoms with E-state index in [4.69, 9.17) is 0 Å². The van der Waals surface area contributed by atoms with Gasteiger partial charge in [0, 0.05) is 35.5 Å². The van der Waals surface area contributed by atoms with E-state index in [0.717, 1.165) is 38.2 Å². The molecule has 166 valence electrons. The fourth-order valence-corrected chi connectivity index (χ4v) is 7.40. The Hall–Kier alpha value is -2.02. The molecule has 6 rings (SSSR count). The molecule has 0 spiro atoms. The molecule has 9 atom stereocenters. The van der Waals surface area contributed by atoms with Crippen molar-refractivity contribution in [3.8, 4) is 0 Å². The number of aliphatic hydroxyl groups excluding tert-OH is 1. The van der Waals surface area contributed by atoms with Gasteiger partial charge in [-0.1, -0.05) is 6.92 Å². The minimum Gasteiger partial charge on any atom is -0.393 e. The van der Waals surface area contributed by atoms with E-state index in [2.05, 4.69) is 10.3 Å². The molecular weight excluding hydrogens is 400 g/mol. The van der Waals surface area contributed by atoms with Crippen molar-refractivity contribution >= 4 is 16.9 Å². The number of hydrogen-bond acceptors (Lipinski definition) is 3. The minimum absolute atomic E-state index is 0.0105. The van der Waals surface area contributed by atoms with Crippen LogP contribution < -0.4 is 5.32 Å². The van der Waals surface area contributed by atoms with E-state index in [0.29, 0.717) is 34.7 Å². The van der Waals surface area contributed by atoms with Gasteiger partial charge in [0.05, 0.1) is 23.5 Å². The van der Waals surface area contributed by atoms with Crippen molar-refractivity contribution in [1.82, 2.24) is 14.9 Å². The Labute approximate surface area is 180 Å². The summed E-state index contributed by atoms with van der Waals surface area (Å²) in [5.41, 5.74) is 1.17. The highest BCUT2D eigenvalue weighted by Crippen LogP contribution is 2.65. The second-order valence-corrected chi connectivity index (χ2v) is 10.6. The second kappa shape index (κ2) is 6.50. The second-order valence-electron chi connectivity index (χ2n) is 10.6. The van der Waals surface area contributed by atoms with E-state index in [1.165, 1.54) is 6.07 Å². The van der Waals surface area contributed by atoms with Gasteiger partial charge in [-0.3, -0.25) is 4.79 Å². The Bertz CT molecular complexity index is 1060. The number of hydrogen-bond donors (Lipinski definition) is 2. The molecule has 0 saturated heterocycles. The summed E-state index contributed by atoms with van der Waals surface area (Å²) in [4.78, 5) is 17.1. The van der Waals surface area contributed by atoms with Gasteiger partial charge in [0.2, 0.25) is 5.91 Å². The average molecular weight is 430 g/mol. The third kappa shape index (κ3) is 2.68. The van der Waals surface area contributed by atoms with Crippen LogP contribution in [0.15, 0.2) is 18.5 Å². The first kappa shape index (κ1) is 19.6. The lowest BCUT2D eigenvalue weighted by Crippen LogP contribution is -2.68. The molecule has 1 aromatic heterocycles. The lowest BCUT2D eigenvalue weighted by Gasteiger charge is -2.65. The molecule has 4 fully saturated rings. The van der Waals surface area contributed by atoms with Crippen LogP contribution in [-0.2, 0) is 4.79 Å². The molecule has 1 aromatic carbocycles. The summed E-state index contributed by atoms with van der Waals surface area (Å²) in [6.45, 7) is 3.92. The molecule has 1 amide bonds. The molecule has 4 aliphatic carbocycles. The van der Waals surface area contributed by atoms with Gasteiger partial charge >= 0.3 is 0 Å². The zero-order valence-corrected chi connectivity index (χ0v) is 17.9. The third-order valence-corrected chi connectivity index (χ3v) is 9.39. The maximum atomic E-state index is 13.7. The molecule has 4 aliphatic rings. The van der Waals surface area contributed by atoms with E-state index < -0.39 is 11.6 Å². The van der Waals surface area contributed by atoms with Gasteiger partial charge in [0.15, 0.2) is 11.6 Å². The Morgan fingerprint density at radius 2 is 1.97 bits per heavy atom. The van der Waals surface area contributed by atoms with E-state index in [-0.39, 0.29) is 35.4 Å². The van der Waals surface area contributed by atoms with Crippen LogP contribution in [0.5, 0.6) is 0 Å². The molecule has 7 heteroatoms. The van der Waals surface area contributed by atoms with Gasteiger partial charge in [-0.15, -0.1) is 0 Å². The molecule has 2 aromatic rings. The lowest BCUT2D eigenvalue weighted by atomic mass is 9.43. The summed E-state index contributed by atoms with van der Waals surface area (Å²) in [5.74, 6) is 0.287. The first-order chi connectivity index (χ1) is 14.8. The molecule has 0 radical (unpaired) electrons. The van der Waals surface area contributed by atoms with Crippen molar-refractivity contribution in [2.45, 2.75) is 64.1 Å². The standard InChI is InChI=1S/C24H29F2N3O2/c1-11(23(31)28-20-9-24(12(2)30)4-3-16(20)24)22-14-5-13(6-15(14)22)29-10-27-19-7-17(25)18(26)8-21(19)29/h7-8,10-16,20,22,30H,3-6,9H2,1-2H3,(H,28,31)/t11?,12?,13?,14-,15+,16?,20?,22?,24?. The van der Waals surface area contributed by atoms with Crippen LogP contribution >= 0.6 is 0 Å². The van der Waals surface area contributed by atoms with Gasteiger partial charge < -0.3 is 15.0 Å². The molecule has 31 heavy (non-hydrogen) atoms. The summed E-state index contributed by atoms with van der Waals surface area (Å²) >= 11 is 0. The van der Waals surface area contributed by atoms with Gasteiger partial charge in [-0.2, -0.15) is 0 Å². The lowest BCUT2D eigenvalue weighted by molar-refractivity contribution is -0.178. The first-order valence-electron chi connectivity index (χ1n) is 11.6. The third-order valence-electron chi connectivity index (χ3n) is 9.39. The summed E-state index contributed by atoms with van der Waals surface area (Å²) in [6, 6.07) is 2.84. The number of benzene rings is 1. The van der Waals surface area contributed by atoms with Crippen LogP contribution in [0.25, 0.3) is 11.0 Å². The van der Waals surface area contributed by atoms with Crippen LogP contribution in [-0.4, -0.2) is 32.7 Å². The topological polar surface area (TPSA) is 67.2 Å². The summed E-state index contributed by atoms with van der Waals surface area (Å²) < 4.78 is 29.2. The van der Waals surface area contributed by atoms with Crippen molar-refractivity contribution in [2.75, 3.05) is 0 Å². The summed E-state index contributed by atoms with van der Waals surface area (Å²) in [7, 11) is 0. The van der Waals surface area contributed by atoms with Crippen molar-refractivity contribution in [2.24, 2.45) is 35.0 Å². The van der Waals surface area contributed by atoms with Crippen molar-refractivity contribution < 1.29 is 18.7 Å². The van der Waals surface area contributed by atoms with Gasteiger partial charge in [-0.25, -0.2) is 13.8 Å². The molecule has 4 saturated carbocycles. The van der Waals surface area contributed by atoms with Gasteiger partial charge in [0.1, 0.15) is 0 Å². The number of aliphatic hydroxyl groups is 1. The molecule has 2 N–H and O–H groups in total. The number of nitrogens with zero attached hydrogens (tertiary/aromatic N) is 2. The maximum Gasteiger partial charge on any atom is 0.223 e. The van der Waals surface area contributed by atoms with Gasteiger partial charge in [-0.05, 0) is 62.7 Å².